The molecule has 0 unspecified atom stereocenters. The van der Waals surface area contributed by atoms with Crippen molar-refractivity contribution in [3.63, 3.8) is 0 Å². The second-order valence-corrected chi connectivity index (χ2v) is 8.69. The molecule has 0 aliphatic rings. The molecule has 8 heteroatoms. The van der Waals surface area contributed by atoms with Crippen LogP contribution in [0, 0.1) is 0 Å². The van der Waals surface area contributed by atoms with Crippen molar-refractivity contribution in [2.45, 2.75) is 11.3 Å². The molecule has 1 N–H and O–H groups in total. The maximum atomic E-state index is 12.1. The highest BCUT2D eigenvalue weighted by atomic mass is 35.5. The van der Waals surface area contributed by atoms with E-state index in [1.54, 1.807) is 30.3 Å². The first-order valence-electron chi connectivity index (χ1n) is 6.97. The Balaban J connectivity index is 1.80. The first-order valence-corrected chi connectivity index (χ1v) is 10.1. The van der Waals surface area contributed by atoms with Gasteiger partial charge in [0.2, 0.25) is 5.91 Å². The summed E-state index contributed by atoms with van der Waals surface area (Å²) >= 11 is 7.28. The zero-order valence-electron chi connectivity index (χ0n) is 12.6. The van der Waals surface area contributed by atoms with Gasteiger partial charge in [0.25, 0.3) is 0 Å². The van der Waals surface area contributed by atoms with E-state index in [4.69, 9.17) is 11.6 Å². The summed E-state index contributed by atoms with van der Waals surface area (Å²) in [5.41, 5.74) is 1.37. The van der Waals surface area contributed by atoms with Gasteiger partial charge in [0, 0.05) is 11.3 Å². The number of thiazole rings is 1. The lowest BCUT2D eigenvalue weighted by Crippen LogP contribution is -2.14. The largest absolute Gasteiger partial charge is 0.302 e. The molecular weight excluding hydrogens is 368 g/mol. The zero-order valence-corrected chi connectivity index (χ0v) is 15.0. The minimum Gasteiger partial charge on any atom is -0.302 e. The summed E-state index contributed by atoms with van der Waals surface area (Å²) in [6.07, 6.45) is 1.30. The number of hydrogen-bond donors (Lipinski definition) is 1. The van der Waals surface area contributed by atoms with Gasteiger partial charge in [-0.1, -0.05) is 41.1 Å². The van der Waals surface area contributed by atoms with Crippen molar-refractivity contribution in [1.29, 1.82) is 0 Å². The molecule has 0 aliphatic carbocycles. The second-order valence-electron chi connectivity index (χ2n) is 5.24. The predicted molar refractivity (Wildman–Crippen MR) is 96.5 cm³/mol. The maximum Gasteiger partial charge on any atom is 0.230 e. The van der Waals surface area contributed by atoms with E-state index < -0.39 is 9.84 Å². The van der Waals surface area contributed by atoms with Crippen LogP contribution in [0.25, 0.3) is 10.2 Å². The van der Waals surface area contributed by atoms with Gasteiger partial charge in [0.1, 0.15) is 0 Å². The zero-order chi connectivity index (χ0) is 17.3. The van der Waals surface area contributed by atoms with Crippen LogP contribution in [-0.2, 0) is 21.1 Å². The molecule has 0 atom stereocenters. The Bertz CT molecular complexity index is 1030. The number of benzene rings is 2. The first kappa shape index (κ1) is 16.9. The molecule has 0 bridgehead atoms. The van der Waals surface area contributed by atoms with Crippen molar-refractivity contribution in [2.75, 3.05) is 11.6 Å². The van der Waals surface area contributed by atoms with Crippen LogP contribution in [0.3, 0.4) is 0 Å². The van der Waals surface area contributed by atoms with E-state index >= 15 is 0 Å². The van der Waals surface area contributed by atoms with Gasteiger partial charge in [-0.25, -0.2) is 13.4 Å². The molecule has 124 valence electrons. The van der Waals surface area contributed by atoms with E-state index in [2.05, 4.69) is 10.3 Å². The minimum atomic E-state index is -3.28. The summed E-state index contributed by atoms with van der Waals surface area (Å²) < 4.78 is 23.9. The number of hydrogen-bond acceptors (Lipinski definition) is 5. The molecule has 3 rings (SSSR count). The third kappa shape index (κ3) is 3.75. The van der Waals surface area contributed by atoms with E-state index in [1.807, 2.05) is 6.07 Å². The highest BCUT2D eigenvalue weighted by Crippen LogP contribution is 2.28. The Kier molecular flexibility index (Phi) is 4.58. The van der Waals surface area contributed by atoms with Crippen LogP contribution in [-0.4, -0.2) is 25.6 Å². The number of nitrogens with zero attached hydrogens (tertiary/aromatic N) is 1. The molecule has 1 amide bonds. The number of sulfone groups is 1. The predicted octanol–water partition coefficient (Wildman–Crippen LogP) is 3.53. The number of amides is 1. The van der Waals surface area contributed by atoms with Gasteiger partial charge in [0.15, 0.2) is 15.0 Å². The molecule has 0 spiro atoms. The Morgan fingerprint density at radius 2 is 2.00 bits per heavy atom. The third-order valence-corrected chi connectivity index (χ3v) is 5.76. The molecular formula is C16H13ClN2O3S2. The van der Waals surface area contributed by atoms with Gasteiger partial charge in [-0.2, -0.15) is 0 Å². The van der Waals surface area contributed by atoms with Gasteiger partial charge in [0.05, 0.1) is 21.5 Å². The summed E-state index contributed by atoms with van der Waals surface area (Å²) in [7, 11) is -3.28. The number of fused-ring (bicyclic) bond motifs is 1. The Hall–Kier alpha value is -1.96. The lowest BCUT2D eigenvalue weighted by atomic mass is 10.1. The van der Waals surface area contributed by atoms with Crippen molar-refractivity contribution >= 4 is 54.0 Å². The van der Waals surface area contributed by atoms with Crippen molar-refractivity contribution in [3.8, 4) is 0 Å². The van der Waals surface area contributed by atoms with E-state index in [9.17, 15) is 13.2 Å². The Morgan fingerprint density at radius 3 is 2.71 bits per heavy atom. The van der Waals surface area contributed by atoms with E-state index in [0.717, 1.165) is 11.8 Å². The van der Waals surface area contributed by atoms with E-state index in [1.165, 1.54) is 17.4 Å². The molecule has 5 nitrogen and oxygen atoms in total. The van der Waals surface area contributed by atoms with Crippen LogP contribution < -0.4 is 5.32 Å². The average Bonchev–Trinajstić information content (AvgIpc) is 2.89. The molecule has 0 saturated carbocycles. The van der Waals surface area contributed by atoms with E-state index in [-0.39, 0.29) is 17.2 Å². The van der Waals surface area contributed by atoms with Gasteiger partial charge in [-0.15, -0.1) is 0 Å². The van der Waals surface area contributed by atoms with Crippen molar-refractivity contribution in [1.82, 2.24) is 4.98 Å². The number of carbonyl (C=O) groups is 1. The Morgan fingerprint density at radius 1 is 1.25 bits per heavy atom. The second kappa shape index (κ2) is 6.51. The highest BCUT2D eigenvalue weighted by Gasteiger charge is 2.13. The number of aromatic nitrogens is 1. The van der Waals surface area contributed by atoms with Crippen molar-refractivity contribution in [2.24, 2.45) is 0 Å². The van der Waals surface area contributed by atoms with Crippen molar-refractivity contribution < 1.29 is 13.2 Å². The summed E-state index contributed by atoms with van der Waals surface area (Å²) in [6.45, 7) is 0. The van der Waals surface area contributed by atoms with Gasteiger partial charge < -0.3 is 5.32 Å². The topological polar surface area (TPSA) is 76.1 Å². The lowest BCUT2D eigenvalue weighted by molar-refractivity contribution is -0.115. The summed E-state index contributed by atoms with van der Waals surface area (Å²) in [5, 5.41) is 3.69. The molecule has 2 aromatic carbocycles. The lowest BCUT2D eigenvalue weighted by Gasteiger charge is -2.03. The molecule has 3 aromatic rings. The Labute approximate surface area is 148 Å². The molecule has 0 radical (unpaired) electrons. The molecule has 0 fully saturated rings. The molecule has 24 heavy (non-hydrogen) atoms. The van der Waals surface area contributed by atoms with Gasteiger partial charge in [-0.3, -0.25) is 4.79 Å². The van der Waals surface area contributed by atoms with Gasteiger partial charge in [-0.05, 0) is 29.8 Å². The van der Waals surface area contributed by atoms with Crippen molar-refractivity contribution in [3.05, 3.63) is 53.1 Å². The smallest absolute Gasteiger partial charge is 0.230 e. The molecule has 1 heterocycles. The highest BCUT2D eigenvalue weighted by molar-refractivity contribution is 7.90. The van der Waals surface area contributed by atoms with Crippen LogP contribution in [0.4, 0.5) is 5.13 Å². The summed E-state index contributed by atoms with van der Waals surface area (Å²) in [5.74, 6) is -0.231. The maximum absolute atomic E-state index is 12.1. The van der Waals surface area contributed by atoms with Crippen LogP contribution in [0.5, 0.6) is 0 Å². The SMILES string of the molecule is CS(=O)(=O)c1ccc2nc(NC(=O)Cc3ccccc3Cl)sc2c1. The fourth-order valence-electron chi connectivity index (χ4n) is 2.17. The number of anilines is 1. The van der Waals surface area contributed by atoms with E-state index in [0.29, 0.717) is 20.4 Å². The van der Waals surface area contributed by atoms with Gasteiger partial charge >= 0.3 is 0 Å². The third-order valence-electron chi connectivity index (χ3n) is 3.34. The minimum absolute atomic E-state index is 0.143. The number of rotatable bonds is 4. The molecule has 0 saturated heterocycles. The normalized spacial score (nSPS) is 11.6. The fraction of sp³-hybridized carbons (Fsp3) is 0.125. The summed E-state index contributed by atoms with van der Waals surface area (Å²) in [6, 6.07) is 11.8. The number of nitrogens with one attached hydrogen (secondary N) is 1. The van der Waals surface area contributed by atoms with Crippen LogP contribution in [0.1, 0.15) is 5.56 Å². The average molecular weight is 381 g/mol. The van der Waals surface area contributed by atoms with Crippen LogP contribution in [0.2, 0.25) is 5.02 Å². The number of halogens is 1. The first-order chi connectivity index (χ1) is 11.3. The van der Waals surface area contributed by atoms with Crippen LogP contribution in [0.15, 0.2) is 47.4 Å². The fourth-order valence-corrected chi connectivity index (χ4v) is 4.01. The standard InChI is InChI=1S/C16H13ClN2O3S2/c1-24(21,22)11-6-7-13-14(9-11)23-16(18-13)19-15(20)8-10-4-2-3-5-12(10)17/h2-7,9H,8H2,1H3,(H,18,19,20). The molecule has 0 aliphatic heterocycles. The summed E-state index contributed by atoms with van der Waals surface area (Å²) in [4.78, 5) is 16.7. The van der Waals surface area contributed by atoms with Crippen LogP contribution >= 0.6 is 22.9 Å². The quantitative estimate of drug-likeness (QED) is 0.751. The number of carbonyl (C=O) groups excluding carboxylic acids is 1. The molecule has 1 aromatic heterocycles. The monoisotopic (exact) mass is 380 g/mol.